The Kier molecular flexibility index (Phi) is 5.19. The molecule has 1 saturated carbocycles. The van der Waals surface area contributed by atoms with Crippen molar-refractivity contribution in [1.82, 2.24) is 5.32 Å². The maximum absolute atomic E-state index is 12.5. The fraction of sp³-hybridized carbons (Fsp3) is 0.579. The van der Waals surface area contributed by atoms with Gasteiger partial charge in [0.15, 0.2) is 0 Å². The van der Waals surface area contributed by atoms with Crippen molar-refractivity contribution in [1.29, 1.82) is 0 Å². The highest BCUT2D eigenvalue weighted by Gasteiger charge is 2.26. The molecule has 1 fully saturated rings. The number of carbonyl (C=O) groups is 2. The molecule has 0 bridgehead atoms. The summed E-state index contributed by atoms with van der Waals surface area (Å²) in [7, 11) is 0. The van der Waals surface area contributed by atoms with E-state index in [9.17, 15) is 14.7 Å². The van der Waals surface area contributed by atoms with E-state index in [4.69, 9.17) is 0 Å². The number of hydrogen-bond acceptors (Lipinski definition) is 3. The lowest BCUT2D eigenvalue weighted by molar-refractivity contribution is -0.118. The molecule has 0 saturated heterocycles. The largest absolute Gasteiger partial charge is 0.396 e. The minimum absolute atomic E-state index is 0.0366. The van der Waals surface area contributed by atoms with E-state index in [1.54, 1.807) is 0 Å². The van der Waals surface area contributed by atoms with E-state index in [1.165, 1.54) is 0 Å². The van der Waals surface area contributed by atoms with Gasteiger partial charge in [0.25, 0.3) is 5.91 Å². The Balaban J connectivity index is 1.64. The van der Waals surface area contributed by atoms with Crippen molar-refractivity contribution in [2.24, 2.45) is 5.92 Å². The predicted octanol–water partition coefficient (Wildman–Crippen LogP) is 2.27. The summed E-state index contributed by atoms with van der Waals surface area (Å²) in [5.41, 5.74) is 2.69. The number of aliphatic hydroxyl groups is 1. The van der Waals surface area contributed by atoms with Crippen LogP contribution in [0.2, 0.25) is 0 Å². The van der Waals surface area contributed by atoms with Crippen LogP contribution in [0.3, 0.4) is 0 Å². The number of anilines is 1. The van der Waals surface area contributed by atoms with Crippen LogP contribution in [0.4, 0.5) is 5.69 Å². The van der Waals surface area contributed by atoms with Crippen LogP contribution in [0.1, 0.15) is 54.9 Å². The van der Waals surface area contributed by atoms with Crippen LogP contribution in [0, 0.1) is 5.92 Å². The van der Waals surface area contributed by atoms with Crippen molar-refractivity contribution < 1.29 is 14.7 Å². The maximum atomic E-state index is 12.5. The zero-order valence-electron chi connectivity index (χ0n) is 14.3. The quantitative estimate of drug-likeness (QED) is 0.890. The molecule has 5 heteroatoms. The molecule has 2 N–H and O–H groups in total. The number of fused-ring (bicyclic) bond motifs is 1. The highest BCUT2D eigenvalue weighted by molar-refractivity contribution is 5.98. The van der Waals surface area contributed by atoms with Crippen LogP contribution in [0.25, 0.3) is 0 Å². The highest BCUT2D eigenvalue weighted by atomic mass is 16.3. The smallest absolute Gasteiger partial charge is 0.251 e. The molecule has 130 valence electrons. The van der Waals surface area contributed by atoms with E-state index in [0.717, 1.165) is 43.4 Å². The average molecular weight is 330 g/mol. The van der Waals surface area contributed by atoms with Crippen LogP contribution in [0.5, 0.6) is 0 Å². The summed E-state index contributed by atoms with van der Waals surface area (Å²) in [6.07, 6.45) is 5.11. The number of carbonyl (C=O) groups excluding carboxylic acids is 2. The predicted molar refractivity (Wildman–Crippen MR) is 93.1 cm³/mol. The van der Waals surface area contributed by atoms with Gasteiger partial charge in [0.1, 0.15) is 0 Å². The molecule has 2 aliphatic rings. The first-order valence-corrected chi connectivity index (χ1v) is 8.97. The van der Waals surface area contributed by atoms with Gasteiger partial charge in [-0.05, 0) is 61.8 Å². The Labute approximate surface area is 143 Å². The zero-order chi connectivity index (χ0) is 17.1. The number of amides is 2. The molecular weight excluding hydrogens is 304 g/mol. The Morgan fingerprint density at radius 3 is 2.67 bits per heavy atom. The molecule has 0 unspecified atom stereocenters. The molecule has 5 nitrogen and oxygen atoms in total. The van der Waals surface area contributed by atoms with E-state index in [2.05, 4.69) is 5.32 Å². The van der Waals surface area contributed by atoms with E-state index >= 15 is 0 Å². The lowest BCUT2D eigenvalue weighted by atomic mass is 9.86. The summed E-state index contributed by atoms with van der Waals surface area (Å²) >= 11 is 0. The molecule has 0 spiro atoms. The second-order valence-corrected chi connectivity index (χ2v) is 6.87. The van der Waals surface area contributed by atoms with Gasteiger partial charge >= 0.3 is 0 Å². The summed E-state index contributed by atoms with van der Waals surface area (Å²) < 4.78 is 0. The van der Waals surface area contributed by atoms with Gasteiger partial charge in [-0.25, -0.2) is 0 Å². The van der Waals surface area contributed by atoms with Crippen molar-refractivity contribution in [3.63, 3.8) is 0 Å². The van der Waals surface area contributed by atoms with E-state index in [-0.39, 0.29) is 24.5 Å². The summed E-state index contributed by atoms with van der Waals surface area (Å²) in [5.74, 6) is 0.484. The van der Waals surface area contributed by atoms with Gasteiger partial charge < -0.3 is 15.3 Å². The third-order valence-corrected chi connectivity index (χ3v) is 5.28. The lowest BCUT2D eigenvalue weighted by Gasteiger charge is -2.28. The van der Waals surface area contributed by atoms with Crippen molar-refractivity contribution in [2.75, 3.05) is 18.1 Å². The number of hydrogen-bond donors (Lipinski definition) is 2. The Morgan fingerprint density at radius 1 is 1.25 bits per heavy atom. The standard InChI is InChI=1S/C19H26N2O3/c1-2-18(23)21-10-9-14-11-15(5-8-17(14)21)19(24)20-16-6-3-13(12-22)4-7-16/h5,8,11,13,16,22H,2-4,6-7,9-10,12H2,1H3,(H,20,24). The van der Waals surface area contributed by atoms with Crippen LogP contribution < -0.4 is 10.2 Å². The number of benzene rings is 1. The first kappa shape index (κ1) is 17.0. The average Bonchev–Trinajstić information content (AvgIpc) is 3.04. The van der Waals surface area contributed by atoms with E-state index < -0.39 is 0 Å². The molecule has 0 aromatic heterocycles. The Hall–Kier alpha value is -1.88. The lowest BCUT2D eigenvalue weighted by Crippen LogP contribution is -2.38. The third kappa shape index (κ3) is 3.46. The van der Waals surface area contributed by atoms with Crippen LogP contribution >= 0.6 is 0 Å². The first-order chi connectivity index (χ1) is 11.6. The molecule has 1 heterocycles. The van der Waals surface area contributed by atoms with Gasteiger partial charge in [0.2, 0.25) is 5.91 Å². The first-order valence-electron chi connectivity index (χ1n) is 8.97. The molecule has 1 aromatic carbocycles. The molecule has 0 atom stereocenters. The number of nitrogens with one attached hydrogen (secondary N) is 1. The molecule has 3 rings (SSSR count). The summed E-state index contributed by atoms with van der Waals surface area (Å²) in [5, 5.41) is 12.3. The van der Waals surface area contributed by atoms with Gasteiger partial charge in [0.05, 0.1) is 0 Å². The van der Waals surface area contributed by atoms with Gasteiger partial charge in [-0.3, -0.25) is 9.59 Å². The molecule has 1 aromatic rings. The molecule has 2 amide bonds. The second-order valence-electron chi connectivity index (χ2n) is 6.87. The Bertz CT molecular complexity index is 621. The summed E-state index contributed by atoms with van der Waals surface area (Å²) in [4.78, 5) is 26.2. The molecule has 24 heavy (non-hydrogen) atoms. The minimum atomic E-state index is -0.0366. The van der Waals surface area contributed by atoms with Gasteiger partial charge in [0, 0.05) is 36.9 Å². The van der Waals surface area contributed by atoms with Crippen LogP contribution in [-0.4, -0.2) is 36.1 Å². The molecule has 0 radical (unpaired) electrons. The fourth-order valence-electron chi connectivity index (χ4n) is 3.75. The zero-order valence-corrected chi connectivity index (χ0v) is 14.3. The normalized spacial score (nSPS) is 23.0. The minimum Gasteiger partial charge on any atom is -0.396 e. The summed E-state index contributed by atoms with van der Waals surface area (Å²) in [6, 6.07) is 5.83. The molecule has 1 aliphatic heterocycles. The second kappa shape index (κ2) is 7.34. The van der Waals surface area contributed by atoms with Crippen molar-refractivity contribution in [2.45, 2.75) is 51.5 Å². The topological polar surface area (TPSA) is 69.6 Å². The van der Waals surface area contributed by atoms with Crippen molar-refractivity contribution in [3.8, 4) is 0 Å². The van der Waals surface area contributed by atoms with Crippen molar-refractivity contribution in [3.05, 3.63) is 29.3 Å². The van der Waals surface area contributed by atoms with Crippen LogP contribution in [0.15, 0.2) is 18.2 Å². The number of aliphatic hydroxyl groups excluding tert-OH is 1. The molecular formula is C19H26N2O3. The van der Waals surface area contributed by atoms with Gasteiger partial charge in [-0.15, -0.1) is 0 Å². The maximum Gasteiger partial charge on any atom is 0.251 e. The molecule has 1 aliphatic carbocycles. The fourth-order valence-corrected chi connectivity index (χ4v) is 3.75. The highest BCUT2D eigenvalue weighted by Crippen LogP contribution is 2.30. The van der Waals surface area contributed by atoms with Gasteiger partial charge in [-0.2, -0.15) is 0 Å². The SMILES string of the molecule is CCC(=O)N1CCc2cc(C(=O)NC3CCC(CO)CC3)ccc21. The van der Waals surface area contributed by atoms with Crippen LogP contribution in [-0.2, 0) is 11.2 Å². The monoisotopic (exact) mass is 330 g/mol. The third-order valence-electron chi connectivity index (χ3n) is 5.28. The number of nitrogens with zero attached hydrogens (tertiary/aromatic N) is 1. The summed E-state index contributed by atoms with van der Waals surface area (Å²) in [6.45, 7) is 2.82. The number of rotatable bonds is 4. The Morgan fingerprint density at radius 2 is 2.00 bits per heavy atom. The van der Waals surface area contributed by atoms with Crippen molar-refractivity contribution >= 4 is 17.5 Å². The van der Waals surface area contributed by atoms with Gasteiger partial charge in [-0.1, -0.05) is 6.92 Å². The van der Waals surface area contributed by atoms with E-state index in [0.29, 0.717) is 24.4 Å². The van der Waals surface area contributed by atoms with E-state index in [1.807, 2.05) is 30.0 Å².